The lowest BCUT2D eigenvalue weighted by Gasteiger charge is -2.32. The number of aromatic nitrogens is 2. The van der Waals surface area contributed by atoms with Gasteiger partial charge in [0.15, 0.2) is 11.4 Å². The predicted octanol–water partition coefficient (Wildman–Crippen LogP) is 2.24. The topological polar surface area (TPSA) is 110 Å². The molecule has 0 aliphatic rings. The molecule has 0 radical (unpaired) electrons. The summed E-state index contributed by atoms with van der Waals surface area (Å²) in [6.07, 6.45) is 0.674. The molecule has 1 unspecified atom stereocenters. The normalized spacial score (nSPS) is 13.5. The first-order valence-corrected chi connectivity index (χ1v) is 8.16. The summed E-state index contributed by atoms with van der Waals surface area (Å²) in [5.74, 6) is 0.746. The van der Waals surface area contributed by atoms with Crippen LogP contribution >= 0.6 is 0 Å². The van der Waals surface area contributed by atoms with Crippen molar-refractivity contribution in [2.24, 2.45) is 5.92 Å². The van der Waals surface area contributed by atoms with Gasteiger partial charge in [0.05, 0.1) is 5.54 Å². The Hall–Kier alpha value is -2.64. The highest BCUT2D eigenvalue weighted by Crippen LogP contribution is 2.17. The molecule has 2 amide bonds. The fourth-order valence-corrected chi connectivity index (χ4v) is 2.72. The van der Waals surface area contributed by atoms with Crippen LogP contribution in [0.25, 0.3) is 0 Å². The highest BCUT2D eigenvalue weighted by atomic mass is 16.5. The molecule has 2 aromatic rings. The zero-order valence-electron chi connectivity index (χ0n) is 15.2. The van der Waals surface area contributed by atoms with Gasteiger partial charge in [-0.3, -0.25) is 9.59 Å². The van der Waals surface area contributed by atoms with Crippen LogP contribution in [0.4, 0.5) is 0 Å². The van der Waals surface area contributed by atoms with Crippen LogP contribution in [-0.4, -0.2) is 34.2 Å². The monoisotopic (exact) mass is 348 g/mol. The molecule has 1 atom stereocenters. The maximum absolute atomic E-state index is 12.4. The molecule has 0 fully saturated rings. The lowest BCUT2D eigenvalue weighted by Crippen LogP contribution is -2.54. The van der Waals surface area contributed by atoms with Crippen LogP contribution < -0.4 is 10.6 Å². The Balaban J connectivity index is 2.05. The van der Waals surface area contributed by atoms with Crippen molar-refractivity contribution in [1.29, 1.82) is 0 Å². The predicted molar refractivity (Wildman–Crippen MR) is 90.1 cm³/mol. The van der Waals surface area contributed by atoms with E-state index in [0.29, 0.717) is 23.9 Å². The van der Waals surface area contributed by atoms with E-state index in [1.807, 2.05) is 20.8 Å². The lowest BCUT2D eigenvalue weighted by molar-refractivity contribution is 0.0851. The van der Waals surface area contributed by atoms with Gasteiger partial charge in [-0.1, -0.05) is 24.2 Å². The Kier molecular flexibility index (Phi) is 5.61. The summed E-state index contributed by atoms with van der Waals surface area (Å²) < 4.78 is 9.85. The van der Waals surface area contributed by atoms with E-state index in [4.69, 9.17) is 9.05 Å². The Morgan fingerprint density at radius 2 is 1.60 bits per heavy atom. The molecule has 2 N–H and O–H groups in total. The van der Waals surface area contributed by atoms with Crippen molar-refractivity contribution in [1.82, 2.24) is 20.9 Å². The molecular formula is C17H24N4O4. The molecule has 8 heteroatoms. The minimum Gasteiger partial charge on any atom is -0.361 e. The van der Waals surface area contributed by atoms with Crippen molar-refractivity contribution in [3.63, 3.8) is 0 Å². The van der Waals surface area contributed by atoms with Gasteiger partial charge in [0.25, 0.3) is 11.8 Å². The van der Waals surface area contributed by atoms with Gasteiger partial charge in [0.1, 0.15) is 11.5 Å². The van der Waals surface area contributed by atoms with E-state index in [1.54, 1.807) is 26.0 Å². The summed E-state index contributed by atoms with van der Waals surface area (Å²) in [7, 11) is 0. The first kappa shape index (κ1) is 18.7. The molecule has 2 rings (SSSR count). The van der Waals surface area contributed by atoms with E-state index in [1.165, 1.54) is 0 Å². The van der Waals surface area contributed by atoms with Crippen molar-refractivity contribution in [3.05, 3.63) is 35.0 Å². The van der Waals surface area contributed by atoms with Crippen LogP contribution in [0.5, 0.6) is 0 Å². The number of carbonyl (C=O) groups is 2. The quantitative estimate of drug-likeness (QED) is 0.794. The van der Waals surface area contributed by atoms with Gasteiger partial charge in [-0.25, -0.2) is 0 Å². The van der Waals surface area contributed by atoms with Crippen molar-refractivity contribution >= 4 is 11.8 Å². The van der Waals surface area contributed by atoms with E-state index >= 15 is 0 Å². The summed E-state index contributed by atoms with van der Waals surface area (Å²) in [5, 5.41) is 13.2. The molecule has 0 saturated carbocycles. The molecule has 0 aromatic carbocycles. The molecule has 0 aliphatic carbocycles. The zero-order chi connectivity index (χ0) is 18.6. The maximum Gasteiger partial charge on any atom is 0.273 e. The van der Waals surface area contributed by atoms with Crippen LogP contribution in [0.3, 0.4) is 0 Å². The molecule has 8 nitrogen and oxygen atoms in total. The van der Waals surface area contributed by atoms with Gasteiger partial charge in [-0.15, -0.1) is 0 Å². The third-order valence-electron chi connectivity index (χ3n) is 3.63. The van der Waals surface area contributed by atoms with Crippen molar-refractivity contribution in [2.75, 3.05) is 6.54 Å². The lowest BCUT2D eigenvalue weighted by atomic mass is 9.90. The Bertz CT molecular complexity index is 749. The number of nitrogens with one attached hydrogen (secondary N) is 2. The Labute approximate surface area is 146 Å². The SMILES string of the molecule is Cc1cc(C(=O)NCC(C)(CC(C)C)NC(=O)c2cc(C)on2)no1. The highest BCUT2D eigenvalue weighted by molar-refractivity contribution is 5.93. The summed E-state index contributed by atoms with van der Waals surface area (Å²) in [6, 6.07) is 3.13. The third kappa shape index (κ3) is 5.17. The van der Waals surface area contributed by atoms with E-state index in [0.717, 1.165) is 0 Å². The van der Waals surface area contributed by atoms with Gasteiger partial charge >= 0.3 is 0 Å². The minimum atomic E-state index is -0.646. The third-order valence-corrected chi connectivity index (χ3v) is 3.63. The largest absolute Gasteiger partial charge is 0.361 e. The van der Waals surface area contributed by atoms with Gasteiger partial charge in [0.2, 0.25) is 0 Å². The molecule has 2 aromatic heterocycles. The zero-order valence-corrected chi connectivity index (χ0v) is 15.2. The second kappa shape index (κ2) is 7.50. The summed E-state index contributed by atoms with van der Waals surface area (Å²) in [5.41, 5.74) is -0.221. The van der Waals surface area contributed by atoms with Crippen LogP contribution in [-0.2, 0) is 0 Å². The second-order valence-electron chi connectivity index (χ2n) is 6.94. The van der Waals surface area contributed by atoms with Crippen LogP contribution in [0.15, 0.2) is 21.2 Å². The fourth-order valence-electron chi connectivity index (χ4n) is 2.72. The van der Waals surface area contributed by atoms with Crippen LogP contribution in [0, 0.1) is 19.8 Å². The smallest absolute Gasteiger partial charge is 0.273 e. The average Bonchev–Trinajstić information content (AvgIpc) is 3.12. The van der Waals surface area contributed by atoms with Crippen molar-refractivity contribution < 1.29 is 18.6 Å². The fraction of sp³-hybridized carbons (Fsp3) is 0.529. The first-order chi connectivity index (χ1) is 11.7. The maximum atomic E-state index is 12.4. The van der Waals surface area contributed by atoms with E-state index < -0.39 is 5.54 Å². The van der Waals surface area contributed by atoms with Crippen LogP contribution in [0.2, 0.25) is 0 Å². The van der Waals surface area contributed by atoms with Gasteiger partial charge < -0.3 is 19.7 Å². The second-order valence-corrected chi connectivity index (χ2v) is 6.94. The van der Waals surface area contributed by atoms with Gasteiger partial charge in [0, 0.05) is 18.7 Å². The molecule has 2 heterocycles. The standard InChI is InChI=1S/C17H24N4O4/c1-10(2)8-17(5,19-16(23)14-7-12(4)25-21-14)9-18-15(22)13-6-11(3)24-20-13/h6-7,10H,8-9H2,1-5H3,(H,18,22)(H,19,23). The average molecular weight is 348 g/mol. The molecule has 0 spiro atoms. The van der Waals surface area contributed by atoms with Crippen molar-refractivity contribution in [3.8, 4) is 0 Å². The number of amides is 2. The minimum absolute atomic E-state index is 0.211. The van der Waals surface area contributed by atoms with E-state index in [9.17, 15) is 9.59 Å². The Morgan fingerprint density at radius 1 is 1.08 bits per heavy atom. The molecule has 0 bridgehead atoms. The van der Waals surface area contributed by atoms with Crippen LogP contribution in [0.1, 0.15) is 59.7 Å². The Morgan fingerprint density at radius 3 is 2.04 bits per heavy atom. The number of nitrogens with zero attached hydrogens (tertiary/aromatic N) is 2. The number of hydrogen-bond acceptors (Lipinski definition) is 6. The molecule has 25 heavy (non-hydrogen) atoms. The van der Waals surface area contributed by atoms with Crippen molar-refractivity contribution in [2.45, 2.75) is 46.6 Å². The van der Waals surface area contributed by atoms with Gasteiger partial charge in [-0.05, 0) is 33.1 Å². The van der Waals surface area contributed by atoms with Gasteiger partial charge in [-0.2, -0.15) is 0 Å². The number of carbonyl (C=O) groups excluding carboxylic acids is 2. The highest BCUT2D eigenvalue weighted by Gasteiger charge is 2.30. The molecule has 0 aliphatic heterocycles. The summed E-state index contributed by atoms with van der Waals surface area (Å²) in [4.78, 5) is 24.6. The first-order valence-electron chi connectivity index (χ1n) is 8.16. The number of aryl methyl sites for hydroxylation is 2. The molecule has 0 saturated heterocycles. The number of rotatable bonds is 7. The van der Waals surface area contributed by atoms with E-state index in [-0.39, 0.29) is 29.7 Å². The summed E-state index contributed by atoms with van der Waals surface area (Å²) >= 11 is 0. The molecule has 136 valence electrons. The van der Waals surface area contributed by atoms with E-state index in [2.05, 4.69) is 20.9 Å². The molecular weight excluding hydrogens is 324 g/mol. The summed E-state index contributed by atoms with van der Waals surface area (Å²) in [6.45, 7) is 9.66. The number of hydrogen-bond donors (Lipinski definition) is 2.